The summed E-state index contributed by atoms with van der Waals surface area (Å²) in [6.45, 7) is 6.41. The Morgan fingerprint density at radius 1 is 0.292 bits per heavy atom. The molecule has 0 bridgehead atoms. The molecular formula is C66H112O6. The quantitative estimate of drug-likeness (QED) is 0.0261. The molecule has 0 aromatic heterocycles. The highest BCUT2D eigenvalue weighted by molar-refractivity contribution is 5.71. The van der Waals surface area contributed by atoms with Crippen molar-refractivity contribution in [2.24, 2.45) is 0 Å². The second-order valence-corrected chi connectivity index (χ2v) is 19.9. The highest BCUT2D eigenvalue weighted by atomic mass is 16.6. The number of hydrogen-bond acceptors (Lipinski definition) is 6. The summed E-state index contributed by atoms with van der Waals surface area (Å²) in [5.74, 6) is -0.905. The highest BCUT2D eigenvalue weighted by Gasteiger charge is 2.19. The van der Waals surface area contributed by atoms with Crippen LogP contribution in [0.1, 0.15) is 284 Å². The minimum Gasteiger partial charge on any atom is -0.462 e. The molecule has 0 aromatic rings. The van der Waals surface area contributed by atoms with Gasteiger partial charge in [-0.3, -0.25) is 14.4 Å². The minimum absolute atomic E-state index is 0.0857. The summed E-state index contributed by atoms with van der Waals surface area (Å²) in [7, 11) is 0. The van der Waals surface area contributed by atoms with E-state index in [1.54, 1.807) is 0 Å². The van der Waals surface area contributed by atoms with E-state index in [-0.39, 0.29) is 31.1 Å². The molecule has 0 heterocycles. The Hall–Kier alpha value is -3.67. The van der Waals surface area contributed by atoms with Crippen molar-refractivity contribution >= 4 is 17.9 Å². The van der Waals surface area contributed by atoms with E-state index in [1.807, 2.05) is 0 Å². The van der Waals surface area contributed by atoms with Crippen molar-refractivity contribution in [1.29, 1.82) is 0 Å². The number of esters is 3. The van der Waals surface area contributed by atoms with Crippen molar-refractivity contribution in [2.45, 2.75) is 290 Å². The zero-order valence-corrected chi connectivity index (χ0v) is 47.2. The topological polar surface area (TPSA) is 78.9 Å². The molecule has 72 heavy (non-hydrogen) atoms. The maximum Gasteiger partial charge on any atom is 0.306 e. The van der Waals surface area contributed by atoms with Gasteiger partial charge in [0, 0.05) is 19.3 Å². The number of rotatable bonds is 54. The number of unbranched alkanes of at least 4 members (excludes halogenated alkanes) is 27. The van der Waals surface area contributed by atoms with Crippen LogP contribution in [-0.4, -0.2) is 37.2 Å². The van der Waals surface area contributed by atoms with Crippen LogP contribution in [0.3, 0.4) is 0 Å². The molecule has 0 fully saturated rings. The van der Waals surface area contributed by atoms with Crippen LogP contribution >= 0.6 is 0 Å². The summed E-state index contributed by atoms with van der Waals surface area (Å²) < 4.78 is 16.9. The second-order valence-electron chi connectivity index (χ2n) is 19.9. The van der Waals surface area contributed by atoms with Crippen molar-refractivity contribution in [1.82, 2.24) is 0 Å². The molecule has 0 saturated heterocycles. The summed E-state index contributed by atoms with van der Waals surface area (Å²) in [5, 5.41) is 0. The Morgan fingerprint density at radius 3 is 0.847 bits per heavy atom. The maximum absolute atomic E-state index is 12.9. The molecule has 0 spiro atoms. The number of hydrogen-bond donors (Lipinski definition) is 0. The van der Waals surface area contributed by atoms with Crippen LogP contribution in [0.2, 0.25) is 0 Å². The Labute approximate surface area is 445 Å². The van der Waals surface area contributed by atoms with Gasteiger partial charge < -0.3 is 14.2 Å². The van der Waals surface area contributed by atoms with Crippen LogP contribution < -0.4 is 0 Å². The van der Waals surface area contributed by atoms with Gasteiger partial charge in [0.1, 0.15) is 13.2 Å². The molecule has 0 rings (SSSR count). The van der Waals surface area contributed by atoms with Gasteiger partial charge in [-0.25, -0.2) is 0 Å². The third-order valence-electron chi connectivity index (χ3n) is 12.8. The van der Waals surface area contributed by atoms with E-state index in [4.69, 9.17) is 14.2 Å². The van der Waals surface area contributed by atoms with Gasteiger partial charge in [-0.1, -0.05) is 266 Å². The van der Waals surface area contributed by atoms with Crippen LogP contribution in [0.15, 0.2) is 97.2 Å². The molecule has 412 valence electrons. The summed E-state index contributed by atoms with van der Waals surface area (Å²) in [6.07, 6.45) is 79.8. The van der Waals surface area contributed by atoms with Crippen LogP contribution in [0.4, 0.5) is 0 Å². The normalized spacial score (nSPS) is 12.8. The number of allylic oxidation sites excluding steroid dienone is 16. The van der Waals surface area contributed by atoms with Gasteiger partial charge in [-0.05, 0) is 96.3 Å². The van der Waals surface area contributed by atoms with Crippen molar-refractivity contribution in [3.63, 3.8) is 0 Å². The predicted molar refractivity (Wildman–Crippen MR) is 311 cm³/mol. The molecule has 6 nitrogen and oxygen atoms in total. The van der Waals surface area contributed by atoms with E-state index in [0.717, 1.165) is 122 Å². The summed E-state index contributed by atoms with van der Waals surface area (Å²) >= 11 is 0. The van der Waals surface area contributed by atoms with Gasteiger partial charge >= 0.3 is 17.9 Å². The lowest BCUT2D eigenvalue weighted by Crippen LogP contribution is -2.30. The van der Waals surface area contributed by atoms with Crippen LogP contribution in [0.5, 0.6) is 0 Å². The average molecular weight is 1000 g/mol. The van der Waals surface area contributed by atoms with E-state index in [0.29, 0.717) is 19.3 Å². The largest absolute Gasteiger partial charge is 0.462 e. The molecular weight excluding hydrogens is 889 g/mol. The first-order chi connectivity index (χ1) is 35.5. The van der Waals surface area contributed by atoms with E-state index >= 15 is 0 Å². The lowest BCUT2D eigenvalue weighted by atomic mass is 10.0. The van der Waals surface area contributed by atoms with Gasteiger partial charge in [0.25, 0.3) is 0 Å². The van der Waals surface area contributed by atoms with E-state index in [1.165, 1.54) is 122 Å². The molecule has 0 N–H and O–H groups in total. The Balaban J connectivity index is 4.32. The van der Waals surface area contributed by atoms with Crippen LogP contribution in [0.25, 0.3) is 0 Å². The average Bonchev–Trinajstić information content (AvgIpc) is 3.38. The molecule has 0 aliphatic heterocycles. The number of carbonyl (C=O) groups is 3. The van der Waals surface area contributed by atoms with Gasteiger partial charge in [0.15, 0.2) is 6.10 Å². The Bertz CT molecular complexity index is 1430. The molecule has 0 aliphatic carbocycles. The third-order valence-corrected chi connectivity index (χ3v) is 12.8. The lowest BCUT2D eigenvalue weighted by molar-refractivity contribution is -0.167. The summed E-state index contributed by atoms with van der Waals surface area (Å²) in [6, 6.07) is 0. The van der Waals surface area contributed by atoms with E-state index < -0.39 is 6.10 Å². The van der Waals surface area contributed by atoms with Crippen LogP contribution in [0, 0.1) is 0 Å². The highest BCUT2D eigenvalue weighted by Crippen LogP contribution is 2.16. The number of carbonyl (C=O) groups excluding carboxylic acids is 3. The summed E-state index contributed by atoms with van der Waals surface area (Å²) in [4.78, 5) is 38.2. The SMILES string of the molecule is CC/C=C\C/C=C\C/C=C\C/C=C\CCCCCCCCCCCCCCC(=O)OCC(COC(=O)CCCCCCCCCCCCCC)OC(=O)CCCCCC/C=C\C/C=C\C/C=C\C/C=C\CC. The molecule has 6 heteroatoms. The fourth-order valence-corrected chi connectivity index (χ4v) is 8.37. The molecule has 0 amide bonds. The zero-order chi connectivity index (χ0) is 52.2. The fraction of sp³-hybridized carbons (Fsp3) is 0.712. The molecule has 0 aromatic carbocycles. The van der Waals surface area contributed by atoms with Crippen molar-refractivity contribution < 1.29 is 28.6 Å². The first-order valence-electron chi connectivity index (χ1n) is 30.2. The Kier molecular flexibility index (Phi) is 56.8. The third kappa shape index (κ3) is 57.2. The van der Waals surface area contributed by atoms with Crippen molar-refractivity contribution in [2.75, 3.05) is 13.2 Å². The maximum atomic E-state index is 12.9. The van der Waals surface area contributed by atoms with Gasteiger partial charge in [0.05, 0.1) is 0 Å². The van der Waals surface area contributed by atoms with Crippen molar-refractivity contribution in [3.8, 4) is 0 Å². The number of ether oxygens (including phenoxy) is 3. The van der Waals surface area contributed by atoms with E-state index in [9.17, 15) is 14.4 Å². The minimum atomic E-state index is -0.790. The van der Waals surface area contributed by atoms with Gasteiger partial charge in [0.2, 0.25) is 0 Å². The molecule has 1 unspecified atom stereocenters. The van der Waals surface area contributed by atoms with Gasteiger partial charge in [-0.2, -0.15) is 0 Å². The standard InChI is InChI=1S/C66H112O6/c1-4-7-10-13-16-19-22-25-27-29-30-31-32-33-34-35-36-38-39-41-44-47-50-53-56-59-65(68)71-62-63(61-70-64(67)58-55-52-49-46-43-24-21-18-15-12-9-6-3)72-66(69)60-57-54-51-48-45-42-40-37-28-26-23-20-17-14-11-8-5-2/h7-8,10-11,16-17,19-20,25-28,30-31,40,42,63H,4-6,9,12-15,18,21-24,29,32-39,41,43-62H2,1-3H3/b10-7-,11-8-,19-16-,20-17-,27-25-,28-26-,31-30-,42-40-. The predicted octanol–water partition coefficient (Wildman–Crippen LogP) is 20.5. The van der Waals surface area contributed by atoms with Crippen LogP contribution in [-0.2, 0) is 28.6 Å². The van der Waals surface area contributed by atoms with E-state index in [2.05, 4.69) is 118 Å². The first kappa shape index (κ1) is 68.3. The molecule has 0 aliphatic rings. The summed E-state index contributed by atoms with van der Waals surface area (Å²) in [5.41, 5.74) is 0. The zero-order valence-electron chi connectivity index (χ0n) is 47.2. The molecule has 1 atom stereocenters. The lowest BCUT2D eigenvalue weighted by Gasteiger charge is -2.18. The molecule has 0 radical (unpaired) electrons. The van der Waals surface area contributed by atoms with Crippen molar-refractivity contribution in [3.05, 3.63) is 97.2 Å². The second kappa shape index (κ2) is 59.9. The monoisotopic (exact) mass is 1000 g/mol. The van der Waals surface area contributed by atoms with Gasteiger partial charge in [-0.15, -0.1) is 0 Å². The first-order valence-corrected chi connectivity index (χ1v) is 30.2. The fourth-order valence-electron chi connectivity index (χ4n) is 8.37. The Morgan fingerprint density at radius 2 is 0.542 bits per heavy atom. The smallest absolute Gasteiger partial charge is 0.306 e. The molecule has 0 saturated carbocycles.